The molecule has 5 rings (SSSR count). The minimum absolute atomic E-state index is 0.0264. The van der Waals surface area contributed by atoms with Gasteiger partial charge in [0.1, 0.15) is 0 Å². The predicted molar refractivity (Wildman–Crippen MR) is 141 cm³/mol. The summed E-state index contributed by atoms with van der Waals surface area (Å²) >= 11 is 0. The monoisotopic (exact) mass is 438 g/mol. The second kappa shape index (κ2) is 9.51. The Morgan fingerprint density at radius 1 is 0.441 bits per heavy atom. The molecule has 0 bridgehead atoms. The molecule has 0 aliphatic heterocycles. The van der Waals surface area contributed by atoms with Gasteiger partial charge >= 0.3 is 0 Å². The van der Waals surface area contributed by atoms with Crippen molar-refractivity contribution >= 4 is 45.3 Å². The molecule has 0 amide bonds. The van der Waals surface area contributed by atoms with E-state index in [4.69, 9.17) is 0 Å². The highest BCUT2D eigenvalue weighted by Crippen LogP contribution is 2.21. The number of carbonyl (C=O) groups is 2. The van der Waals surface area contributed by atoms with Crippen LogP contribution in [0.15, 0.2) is 121 Å². The van der Waals surface area contributed by atoms with E-state index < -0.39 is 0 Å². The Kier molecular flexibility index (Phi) is 5.96. The molecule has 0 N–H and O–H groups in total. The van der Waals surface area contributed by atoms with Crippen molar-refractivity contribution in [2.45, 2.75) is 0 Å². The van der Waals surface area contributed by atoms with Gasteiger partial charge in [-0.3, -0.25) is 9.59 Å². The average molecular weight is 439 g/mol. The van der Waals surface area contributed by atoms with Crippen molar-refractivity contribution in [3.05, 3.63) is 144 Å². The molecule has 0 atom stereocenters. The van der Waals surface area contributed by atoms with Crippen LogP contribution in [0.4, 0.5) is 0 Å². The van der Waals surface area contributed by atoms with Crippen molar-refractivity contribution in [3.63, 3.8) is 0 Å². The minimum Gasteiger partial charge on any atom is -0.289 e. The first-order valence-corrected chi connectivity index (χ1v) is 11.2. The summed E-state index contributed by atoms with van der Waals surface area (Å²) in [5.74, 6) is -0.0529. The van der Waals surface area contributed by atoms with Gasteiger partial charge in [0.05, 0.1) is 0 Å². The Morgan fingerprint density at radius 3 is 1.26 bits per heavy atom. The van der Waals surface area contributed by atoms with Gasteiger partial charge in [0.2, 0.25) is 0 Å². The average Bonchev–Trinajstić information content (AvgIpc) is 2.90. The fraction of sp³-hybridized carbons (Fsp3) is 0. The molecule has 0 aliphatic carbocycles. The third kappa shape index (κ3) is 4.48. The van der Waals surface area contributed by atoms with E-state index in [1.807, 2.05) is 121 Å². The largest absolute Gasteiger partial charge is 0.289 e. The van der Waals surface area contributed by atoms with E-state index in [0.717, 1.165) is 32.7 Å². The summed E-state index contributed by atoms with van der Waals surface area (Å²) in [6.07, 6.45) is 6.85. The summed E-state index contributed by atoms with van der Waals surface area (Å²) in [5, 5.41) is 4.01. The molecular weight excluding hydrogens is 416 g/mol. The van der Waals surface area contributed by atoms with Crippen LogP contribution in [0.5, 0.6) is 0 Å². The summed E-state index contributed by atoms with van der Waals surface area (Å²) in [4.78, 5) is 25.5. The van der Waals surface area contributed by atoms with E-state index >= 15 is 0 Å². The number of allylic oxidation sites excluding steroid dienone is 2. The Hall–Kier alpha value is -4.56. The van der Waals surface area contributed by atoms with E-state index in [1.54, 1.807) is 12.2 Å². The molecule has 2 nitrogen and oxygen atoms in total. The zero-order chi connectivity index (χ0) is 23.3. The van der Waals surface area contributed by atoms with Crippen molar-refractivity contribution in [1.29, 1.82) is 0 Å². The number of hydrogen-bond donors (Lipinski definition) is 0. The zero-order valence-electron chi connectivity index (χ0n) is 18.5. The second-order valence-corrected chi connectivity index (χ2v) is 8.12. The van der Waals surface area contributed by atoms with Gasteiger partial charge in [-0.2, -0.15) is 0 Å². The predicted octanol–water partition coefficient (Wildman–Crippen LogP) is 7.79. The van der Waals surface area contributed by atoms with Crippen LogP contribution < -0.4 is 0 Å². The Balaban J connectivity index is 1.30. The standard InChI is InChI=1S/C32H22O2/c33-31(29-13-5-9-25-7-1-3-11-27(25)29)21-19-23-15-17-24(18-16-23)20-22-32(34)30-14-6-10-26-8-2-4-12-28(26)30/h1-22H/b21-19+,22-20+. The Labute approximate surface area is 198 Å². The molecule has 0 aliphatic rings. The molecule has 0 fully saturated rings. The first-order valence-electron chi connectivity index (χ1n) is 11.2. The van der Waals surface area contributed by atoms with Crippen LogP contribution in [-0.2, 0) is 0 Å². The lowest BCUT2D eigenvalue weighted by molar-refractivity contribution is 0.104. The van der Waals surface area contributed by atoms with E-state index in [9.17, 15) is 9.59 Å². The lowest BCUT2D eigenvalue weighted by Crippen LogP contribution is -1.95. The normalized spacial score (nSPS) is 11.5. The van der Waals surface area contributed by atoms with Crippen LogP contribution in [-0.4, -0.2) is 11.6 Å². The molecule has 5 aromatic rings. The molecule has 5 aromatic carbocycles. The number of benzene rings is 5. The molecular formula is C32H22O2. The lowest BCUT2D eigenvalue weighted by atomic mass is 10.0. The van der Waals surface area contributed by atoms with E-state index in [-0.39, 0.29) is 11.6 Å². The second-order valence-electron chi connectivity index (χ2n) is 8.12. The highest BCUT2D eigenvalue weighted by Gasteiger charge is 2.07. The van der Waals surface area contributed by atoms with E-state index in [0.29, 0.717) is 11.1 Å². The first-order chi connectivity index (χ1) is 16.7. The van der Waals surface area contributed by atoms with Crippen molar-refractivity contribution in [3.8, 4) is 0 Å². The number of ketones is 2. The Bertz CT molecular complexity index is 1440. The third-order valence-corrected chi connectivity index (χ3v) is 5.90. The SMILES string of the molecule is O=C(/C=C/c1ccc(/C=C/C(=O)c2cccc3ccccc23)cc1)c1cccc2ccccc12. The van der Waals surface area contributed by atoms with Crippen molar-refractivity contribution in [2.75, 3.05) is 0 Å². The van der Waals surface area contributed by atoms with E-state index in [1.165, 1.54) is 0 Å². The van der Waals surface area contributed by atoms with Crippen LogP contribution in [0.2, 0.25) is 0 Å². The molecule has 0 unspecified atom stereocenters. The summed E-state index contributed by atoms with van der Waals surface area (Å²) < 4.78 is 0. The lowest BCUT2D eigenvalue weighted by Gasteiger charge is -2.03. The zero-order valence-corrected chi connectivity index (χ0v) is 18.5. The summed E-state index contributed by atoms with van der Waals surface area (Å²) in [6, 6.07) is 35.1. The van der Waals surface area contributed by atoms with Crippen LogP contribution >= 0.6 is 0 Å². The Morgan fingerprint density at radius 2 is 0.824 bits per heavy atom. The maximum atomic E-state index is 12.8. The number of carbonyl (C=O) groups excluding carboxylic acids is 2. The van der Waals surface area contributed by atoms with Gasteiger partial charge in [0.25, 0.3) is 0 Å². The maximum Gasteiger partial charge on any atom is 0.186 e. The molecule has 0 saturated carbocycles. The van der Waals surface area contributed by atoms with E-state index in [2.05, 4.69) is 0 Å². The number of rotatable bonds is 6. The van der Waals surface area contributed by atoms with Crippen molar-refractivity contribution in [2.24, 2.45) is 0 Å². The number of fused-ring (bicyclic) bond motifs is 2. The summed E-state index contributed by atoms with van der Waals surface area (Å²) in [6.45, 7) is 0. The molecule has 0 aromatic heterocycles. The van der Waals surface area contributed by atoms with Crippen LogP contribution in [0, 0.1) is 0 Å². The fourth-order valence-corrected chi connectivity index (χ4v) is 4.12. The van der Waals surface area contributed by atoms with Crippen molar-refractivity contribution in [1.82, 2.24) is 0 Å². The summed E-state index contributed by atoms with van der Waals surface area (Å²) in [5.41, 5.74) is 3.24. The molecule has 0 saturated heterocycles. The van der Waals surface area contributed by atoms with Gasteiger partial charge in [-0.1, -0.05) is 121 Å². The molecule has 0 spiro atoms. The molecule has 2 heteroatoms. The topological polar surface area (TPSA) is 34.1 Å². The molecule has 0 heterocycles. The molecule has 0 radical (unpaired) electrons. The van der Waals surface area contributed by atoms with Gasteiger partial charge < -0.3 is 0 Å². The van der Waals surface area contributed by atoms with Crippen molar-refractivity contribution < 1.29 is 9.59 Å². The third-order valence-electron chi connectivity index (χ3n) is 5.90. The highest BCUT2D eigenvalue weighted by atomic mass is 16.1. The smallest absolute Gasteiger partial charge is 0.186 e. The van der Waals surface area contributed by atoms with Crippen LogP contribution in [0.1, 0.15) is 31.8 Å². The van der Waals surface area contributed by atoms with Crippen LogP contribution in [0.3, 0.4) is 0 Å². The number of hydrogen-bond acceptors (Lipinski definition) is 2. The van der Waals surface area contributed by atoms with Gasteiger partial charge in [-0.15, -0.1) is 0 Å². The van der Waals surface area contributed by atoms with Gasteiger partial charge in [-0.25, -0.2) is 0 Å². The minimum atomic E-state index is -0.0264. The van der Waals surface area contributed by atoms with Gasteiger partial charge in [0.15, 0.2) is 11.6 Å². The maximum absolute atomic E-state index is 12.8. The fourth-order valence-electron chi connectivity index (χ4n) is 4.12. The highest BCUT2D eigenvalue weighted by molar-refractivity contribution is 6.15. The van der Waals surface area contributed by atoms with Gasteiger partial charge in [0, 0.05) is 11.1 Å². The van der Waals surface area contributed by atoms with Gasteiger partial charge in [-0.05, 0) is 44.8 Å². The molecule has 34 heavy (non-hydrogen) atoms. The van der Waals surface area contributed by atoms with Crippen LogP contribution in [0.25, 0.3) is 33.7 Å². The first kappa shape index (κ1) is 21.3. The summed E-state index contributed by atoms with van der Waals surface area (Å²) in [7, 11) is 0. The molecule has 162 valence electrons. The quantitative estimate of drug-likeness (QED) is 0.200.